The van der Waals surface area contributed by atoms with E-state index >= 15 is 0 Å². The predicted molar refractivity (Wildman–Crippen MR) is 139 cm³/mol. The van der Waals surface area contributed by atoms with Gasteiger partial charge >= 0.3 is 5.97 Å². The molecule has 0 aliphatic rings. The fourth-order valence-electron chi connectivity index (χ4n) is 3.12. The van der Waals surface area contributed by atoms with Crippen molar-refractivity contribution in [3.63, 3.8) is 0 Å². The molecule has 0 bridgehead atoms. The van der Waals surface area contributed by atoms with Crippen LogP contribution in [-0.4, -0.2) is 48.8 Å². The molecule has 0 aromatic heterocycles. The van der Waals surface area contributed by atoms with Gasteiger partial charge in [0, 0.05) is 11.8 Å². The van der Waals surface area contributed by atoms with E-state index in [2.05, 4.69) is 43.9 Å². The molecule has 0 heterocycles. The second kappa shape index (κ2) is 16.0. The summed E-state index contributed by atoms with van der Waals surface area (Å²) in [6, 6.07) is 9.13. The third-order valence-corrected chi connectivity index (χ3v) is 6.24. The highest BCUT2D eigenvalue weighted by atomic mass is 32.2. The van der Waals surface area contributed by atoms with Gasteiger partial charge in [-0.05, 0) is 42.2 Å². The fourth-order valence-corrected chi connectivity index (χ4v) is 3.72. The summed E-state index contributed by atoms with van der Waals surface area (Å²) in [7, 11) is 1.34. The summed E-state index contributed by atoms with van der Waals surface area (Å²) in [5, 5.41) is 2.91. The van der Waals surface area contributed by atoms with E-state index in [9.17, 15) is 9.59 Å². The highest BCUT2D eigenvalue weighted by molar-refractivity contribution is 7.98. The Hall–Kier alpha value is -1.70. The van der Waals surface area contributed by atoms with E-state index in [1.54, 1.807) is 11.8 Å². The van der Waals surface area contributed by atoms with Crippen LogP contribution in [0.4, 0.5) is 0 Å². The number of benzene rings is 1. The number of rotatable bonds is 14. The molecule has 3 N–H and O–H groups in total. The Bertz CT molecular complexity index is 738. The van der Waals surface area contributed by atoms with Crippen LogP contribution in [-0.2, 0) is 20.7 Å². The lowest BCUT2D eigenvalue weighted by Crippen LogP contribution is -2.44. The number of methoxy groups -OCH3 is 1. The highest BCUT2D eigenvalue weighted by Crippen LogP contribution is 2.18. The Morgan fingerprint density at radius 2 is 1.81 bits per heavy atom. The second-order valence-electron chi connectivity index (χ2n) is 8.10. The van der Waals surface area contributed by atoms with Gasteiger partial charge in [0.1, 0.15) is 6.04 Å². The van der Waals surface area contributed by atoms with Gasteiger partial charge in [0.15, 0.2) is 0 Å². The Balaban J connectivity index is 3.09. The van der Waals surface area contributed by atoms with Gasteiger partial charge in [-0.2, -0.15) is 24.4 Å². The Morgan fingerprint density at radius 3 is 2.38 bits per heavy atom. The van der Waals surface area contributed by atoms with Crippen LogP contribution in [0.15, 0.2) is 54.6 Å². The zero-order chi connectivity index (χ0) is 23.9. The second-order valence-corrected chi connectivity index (χ2v) is 9.45. The van der Waals surface area contributed by atoms with Gasteiger partial charge in [0.25, 0.3) is 0 Å². The first-order valence-corrected chi connectivity index (χ1v) is 13.0. The lowest BCUT2D eigenvalue weighted by molar-refractivity contribution is -0.145. The molecule has 1 aromatic carbocycles. The van der Waals surface area contributed by atoms with Crippen molar-refractivity contribution in [1.82, 2.24) is 5.32 Å². The Kier molecular flexibility index (Phi) is 14.2. The summed E-state index contributed by atoms with van der Waals surface area (Å²) in [6.07, 6.45) is 11.1. The van der Waals surface area contributed by atoms with Gasteiger partial charge in [-0.15, -0.1) is 0 Å². The van der Waals surface area contributed by atoms with Gasteiger partial charge in [0.2, 0.25) is 5.91 Å². The number of allylic oxidation sites excluding steroid dienone is 2. The SMILES string of the molecule is COC(=O)[C@H](CCSC)NC(=O)[C@H](/C=C\[C@@H](/C=C/[C@@H](N)CS)C(C)C)Cc1ccccc1. The smallest absolute Gasteiger partial charge is 0.328 e. The van der Waals surface area contributed by atoms with E-state index < -0.39 is 17.9 Å². The first-order chi connectivity index (χ1) is 15.3. The molecule has 0 fully saturated rings. The molecule has 1 aromatic rings. The first kappa shape index (κ1) is 28.3. The Labute approximate surface area is 203 Å². The van der Waals surface area contributed by atoms with Crippen molar-refractivity contribution in [2.45, 2.75) is 38.8 Å². The van der Waals surface area contributed by atoms with Crippen LogP contribution in [0, 0.1) is 17.8 Å². The van der Waals surface area contributed by atoms with Crippen LogP contribution in [0.25, 0.3) is 0 Å². The summed E-state index contributed by atoms with van der Waals surface area (Å²) >= 11 is 5.86. The van der Waals surface area contributed by atoms with Crippen LogP contribution < -0.4 is 11.1 Å². The minimum absolute atomic E-state index is 0.103. The maximum Gasteiger partial charge on any atom is 0.328 e. The summed E-state index contributed by atoms with van der Waals surface area (Å²) in [5.41, 5.74) is 7.03. The number of nitrogens with two attached hydrogens (primary N) is 1. The van der Waals surface area contributed by atoms with Crippen molar-refractivity contribution in [2.24, 2.45) is 23.5 Å². The van der Waals surface area contributed by atoms with E-state index in [1.807, 2.05) is 48.7 Å². The van der Waals surface area contributed by atoms with Gasteiger partial charge in [-0.25, -0.2) is 4.79 Å². The maximum atomic E-state index is 13.2. The normalized spacial score (nSPS) is 15.6. The molecular weight excluding hydrogens is 440 g/mol. The standard InChI is InChI=1S/C25H38N2O3S2/c1-18(2)20(12-13-22(26)17-31)10-11-21(16-19-8-6-5-7-9-19)24(28)27-23(14-15-32-4)25(29)30-3/h5-13,18,20-23,31H,14-17,26H2,1-4H3,(H,27,28)/b11-10-,13-12+/t20-,21+,22+,23-/m0/s1. The number of thiol groups is 1. The quantitative estimate of drug-likeness (QED) is 0.215. The van der Waals surface area contributed by atoms with Gasteiger partial charge in [-0.3, -0.25) is 4.79 Å². The number of amides is 1. The van der Waals surface area contributed by atoms with Crippen LogP contribution in [0.3, 0.4) is 0 Å². The average Bonchev–Trinajstić information content (AvgIpc) is 2.80. The van der Waals surface area contributed by atoms with E-state index in [1.165, 1.54) is 7.11 Å². The number of ether oxygens (including phenoxy) is 1. The molecule has 0 saturated heterocycles. The van der Waals surface area contributed by atoms with Crippen LogP contribution in [0.1, 0.15) is 25.8 Å². The van der Waals surface area contributed by atoms with Crippen LogP contribution >= 0.6 is 24.4 Å². The van der Waals surface area contributed by atoms with E-state index in [4.69, 9.17) is 10.5 Å². The summed E-state index contributed by atoms with van der Waals surface area (Å²) in [4.78, 5) is 25.4. The molecule has 0 aliphatic heterocycles. The molecule has 32 heavy (non-hydrogen) atoms. The third-order valence-electron chi connectivity index (χ3n) is 5.17. The third kappa shape index (κ3) is 10.7. The molecule has 0 saturated carbocycles. The molecule has 0 aliphatic carbocycles. The first-order valence-electron chi connectivity index (χ1n) is 11.0. The summed E-state index contributed by atoms with van der Waals surface area (Å²) in [5.74, 6) is 0.810. The number of carbonyl (C=O) groups excluding carboxylic acids is 2. The number of thioether (sulfide) groups is 1. The van der Waals surface area contributed by atoms with Crippen molar-refractivity contribution < 1.29 is 14.3 Å². The lowest BCUT2D eigenvalue weighted by atomic mass is 9.90. The van der Waals surface area contributed by atoms with Crippen molar-refractivity contribution >= 4 is 36.3 Å². The molecule has 0 radical (unpaired) electrons. The molecule has 7 heteroatoms. The highest BCUT2D eigenvalue weighted by Gasteiger charge is 2.25. The van der Waals surface area contributed by atoms with Crippen molar-refractivity contribution in [3.05, 3.63) is 60.2 Å². The van der Waals surface area contributed by atoms with E-state index in [-0.39, 0.29) is 17.9 Å². The summed E-state index contributed by atoms with van der Waals surface area (Å²) < 4.78 is 4.89. The number of esters is 1. The van der Waals surface area contributed by atoms with Crippen LogP contribution in [0.5, 0.6) is 0 Å². The fraction of sp³-hybridized carbons (Fsp3) is 0.520. The van der Waals surface area contributed by atoms with Crippen molar-refractivity contribution in [1.29, 1.82) is 0 Å². The number of nitrogens with one attached hydrogen (secondary N) is 1. The van der Waals surface area contributed by atoms with Gasteiger partial charge in [0.05, 0.1) is 13.0 Å². The zero-order valence-electron chi connectivity index (χ0n) is 19.6. The largest absolute Gasteiger partial charge is 0.467 e. The predicted octanol–water partition coefficient (Wildman–Crippen LogP) is 3.90. The molecule has 5 nitrogen and oxygen atoms in total. The molecular formula is C25H38N2O3S2. The number of hydrogen-bond acceptors (Lipinski definition) is 6. The van der Waals surface area contributed by atoms with E-state index in [0.29, 0.717) is 24.5 Å². The van der Waals surface area contributed by atoms with Crippen LogP contribution in [0.2, 0.25) is 0 Å². The minimum Gasteiger partial charge on any atom is -0.467 e. The average molecular weight is 479 g/mol. The summed E-state index contributed by atoms with van der Waals surface area (Å²) in [6.45, 7) is 4.26. The van der Waals surface area contributed by atoms with Crippen molar-refractivity contribution in [3.8, 4) is 0 Å². The molecule has 1 rings (SSSR count). The molecule has 4 atom stereocenters. The lowest BCUT2D eigenvalue weighted by Gasteiger charge is -2.20. The molecule has 178 valence electrons. The number of hydrogen-bond donors (Lipinski definition) is 3. The minimum atomic E-state index is -0.652. The topological polar surface area (TPSA) is 81.4 Å². The Morgan fingerprint density at radius 1 is 1.16 bits per heavy atom. The number of carbonyl (C=O) groups is 2. The maximum absolute atomic E-state index is 13.2. The zero-order valence-corrected chi connectivity index (χ0v) is 21.3. The molecule has 0 unspecified atom stereocenters. The molecule has 0 spiro atoms. The van der Waals surface area contributed by atoms with Gasteiger partial charge in [-0.1, -0.05) is 68.5 Å². The molecule has 1 amide bonds. The van der Waals surface area contributed by atoms with E-state index in [0.717, 1.165) is 11.3 Å². The van der Waals surface area contributed by atoms with Gasteiger partial charge < -0.3 is 15.8 Å². The van der Waals surface area contributed by atoms with Crippen molar-refractivity contribution in [2.75, 3.05) is 24.9 Å². The monoisotopic (exact) mass is 478 g/mol.